The van der Waals surface area contributed by atoms with Gasteiger partial charge < -0.3 is 15.0 Å². The fourth-order valence-electron chi connectivity index (χ4n) is 6.12. The van der Waals surface area contributed by atoms with E-state index in [9.17, 15) is 0 Å². The number of hydrogen-bond donors (Lipinski definition) is 1. The Morgan fingerprint density at radius 2 is 1.45 bits per heavy atom. The van der Waals surface area contributed by atoms with Gasteiger partial charge in [-0.1, -0.05) is 85.3 Å². The Morgan fingerprint density at radius 3 is 2.13 bits per heavy atom. The van der Waals surface area contributed by atoms with Gasteiger partial charge in [0.2, 0.25) is 0 Å². The third kappa shape index (κ3) is 7.47. The van der Waals surface area contributed by atoms with Crippen molar-refractivity contribution in [3.8, 4) is 5.75 Å². The number of nitrogens with zero attached hydrogens (tertiary/aromatic N) is 2. The van der Waals surface area contributed by atoms with E-state index in [1.807, 2.05) is 0 Å². The Labute approximate surface area is 230 Å². The van der Waals surface area contributed by atoms with Crippen LogP contribution in [-0.4, -0.2) is 61.2 Å². The molecule has 0 bridgehead atoms. The molecule has 3 aromatic carbocycles. The van der Waals surface area contributed by atoms with Crippen LogP contribution in [0.15, 0.2) is 84.9 Å². The quantitative estimate of drug-likeness (QED) is 0.305. The molecule has 0 aromatic heterocycles. The summed E-state index contributed by atoms with van der Waals surface area (Å²) in [4.78, 5) is 5.26. The number of hydrogen-bond acceptors (Lipinski definition) is 4. The lowest BCUT2D eigenvalue weighted by molar-refractivity contribution is 0.0979. The highest BCUT2D eigenvalue weighted by atomic mass is 16.5. The van der Waals surface area contributed by atoms with Crippen LogP contribution in [0.4, 0.5) is 0 Å². The zero-order chi connectivity index (χ0) is 26.0. The molecule has 2 aliphatic rings. The molecule has 0 saturated carbocycles. The third-order valence-electron chi connectivity index (χ3n) is 8.48. The summed E-state index contributed by atoms with van der Waals surface area (Å²) < 4.78 is 6.60. The van der Waals surface area contributed by atoms with Gasteiger partial charge in [-0.25, -0.2) is 0 Å². The first kappa shape index (κ1) is 26.9. The number of likely N-dealkylation sites (tertiary alicyclic amines) is 2. The summed E-state index contributed by atoms with van der Waals surface area (Å²) in [6.45, 7) is 9.86. The molecule has 4 heteroatoms. The first-order valence-electron chi connectivity index (χ1n) is 14.8. The van der Waals surface area contributed by atoms with Crippen LogP contribution in [0.2, 0.25) is 0 Å². The highest BCUT2D eigenvalue weighted by Gasteiger charge is 2.25. The molecule has 0 radical (unpaired) electrons. The second-order valence-corrected chi connectivity index (χ2v) is 11.2. The Hall–Kier alpha value is -2.66. The molecule has 3 aromatic rings. The molecular formula is C34H45N3O. The second-order valence-electron chi connectivity index (χ2n) is 11.2. The van der Waals surface area contributed by atoms with Crippen molar-refractivity contribution < 1.29 is 4.74 Å². The number of piperidine rings is 2. The van der Waals surface area contributed by atoms with E-state index < -0.39 is 0 Å². The van der Waals surface area contributed by atoms with Crippen molar-refractivity contribution in [2.75, 3.05) is 39.3 Å². The van der Waals surface area contributed by atoms with Crippen molar-refractivity contribution in [3.05, 3.63) is 102 Å². The number of para-hydroxylation sites is 1. The summed E-state index contributed by atoms with van der Waals surface area (Å²) >= 11 is 0. The summed E-state index contributed by atoms with van der Waals surface area (Å²) in [6, 6.07) is 31.3. The Balaban J connectivity index is 1.11. The molecule has 0 amide bonds. The summed E-state index contributed by atoms with van der Waals surface area (Å²) in [5, 5.41) is 3.68. The van der Waals surface area contributed by atoms with E-state index in [4.69, 9.17) is 4.74 Å². The van der Waals surface area contributed by atoms with E-state index >= 15 is 0 Å². The summed E-state index contributed by atoms with van der Waals surface area (Å²) in [5.41, 5.74) is 4.07. The Morgan fingerprint density at radius 1 is 0.789 bits per heavy atom. The van der Waals surface area contributed by atoms with Gasteiger partial charge in [0.25, 0.3) is 0 Å². The van der Waals surface area contributed by atoms with E-state index in [1.165, 1.54) is 42.5 Å². The molecule has 2 heterocycles. The lowest BCUT2D eigenvalue weighted by Crippen LogP contribution is -2.41. The summed E-state index contributed by atoms with van der Waals surface area (Å²) in [7, 11) is 0. The number of benzene rings is 3. The normalized spacial score (nSPS) is 19.6. The van der Waals surface area contributed by atoms with Crippen LogP contribution in [0.1, 0.15) is 61.6 Å². The van der Waals surface area contributed by atoms with Gasteiger partial charge in [-0.2, -0.15) is 0 Å². The van der Waals surface area contributed by atoms with E-state index in [1.54, 1.807) is 0 Å². The van der Waals surface area contributed by atoms with Crippen LogP contribution in [0.3, 0.4) is 0 Å². The number of nitrogens with one attached hydrogen (secondary N) is 1. The van der Waals surface area contributed by atoms with Gasteiger partial charge in [0.05, 0.1) is 0 Å². The molecular weight excluding hydrogens is 466 g/mol. The molecule has 202 valence electrons. The van der Waals surface area contributed by atoms with Crippen LogP contribution >= 0.6 is 0 Å². The molecule has 2 saturated heterocycles. The third-order valence-corrected chi connectivity index (χ3v) is 8.48. The van der Waals surface area contributed by atoms with Gasteiger partial charge in [-0.05, 0) is 56.3 Å². The topological polar surface area (TPSA) is 27.7 Å². The van der Waals surface area contributed by atoms with Crippen molar-refractivity contribution in [3.63, 3.8) is 0 Å². The standard InChI is InChI=1S/C34H45N3O/c1-28-12-10-11-22-37(28)25-21-35-26-31-17-8-9-18-34(31)38-32-19-23-36(24-20-32)27-33(29-13-4-2-5-14-29)30-15-6-3-7-16-30/h2-9,13-18,28,32-33,35H,10-12,19-27H2,1H3. The SMILES string of the molecule is CC1CCCCN1CCNCc1ccccc1OC1CCN(CC(c2ccccc2)c2ccccc2)CC1. The molecule has 2 fully saturated rings. The van der Waals surface area contributed by atoms with Gasteiger partial charge in [0, 0.05) is 56.8 Å². The lowest BCUT2D eigenvalue weighted by Gasteiger charge is -2.35. The van der Waals surface area contributed by atoms with Crippen molar-refractivity contribution in [2.45, 2.75) is 63.6 Å². The molecule has 1 N–H and O–H groups in total. The smallest absolute Gasteiger partial charge is 0.124 e. The van der Waals surface area contributed by atoms with E-state index in [0.29, 0.717) is 5.92 Å². The average molecular weight is 512 g/mol. The highest BCUT2D eigenvalue weighted by molar-refractivity contribution is 5.34. The molecule has 4 nitrogen and oxygen atoms in total. The van der Waals surface area contributed by atoms with Crippen LogP contribution in [0.25, 0.3) is 0 Å². The van der Waals surface area contributed by atoms with Gasteiger partial charge in [0.1, 0.15) is 11.9 Å². The minimum Gasteiger partial charge on any atom is -0.490 e. The van der Waals surface area contributed by atoms with Gasteiger partial charge in [-0.3, -0.25) is 4.90 Å². The van der Waals surface area contributed by atoms with Gasteiger partial charge in [-0.15, -0.1) is 0 Å². The zero-order valence-corrected chi connectivity index (χ0v) is 23.1. The minimum absolute atomic E-state index is 0.286. The zero-order valence-electron chi connectivity index (χ0n) is 23.1. The number of rotatable bonds is 11. The van der Waals surface area contributed by atoms with Gasteiger partial charge >= 0.3 is 0 Å². The molecule has 1 atom stereocenters. The molecule has 2 aliphatic heterocycles. The minimum atomic E-state index is 0.286. The van der Waals surface area contributed by atoms with Crippen LogP contribution < -0.4 is 10.1 Å². The molecule has 0 aliphatic carbocycles. The predicted octanol–water partition coefficient (Wildman–Crippen LogP) is 6.33. The summed E-state index contributed by atoms with van der Waals surface area (Å²) in [5.74, 6) is 1.45. The van der Waals surface area contributed by atoms with E-state index in [-0.39, 0.29) is 6.10 Å². The van der Waals surface area contributed by atoms with E-state index in [0.717, 1.165) is 63.9 Å². The second kappa shape index (κ2) is 13.9. The molecule has 38 heavy (non-hydrogen) atoms. The Kier molecular flexibility index (Phi) is 9.87. The molecule has 5 rings (SSSR count). The number of ether oxygens (including phenoxy) is 1. The maximum absolute atomic E-state index is 6.60. The lowest BCUT2D eigenvalue weighted by atomic mass is 9.90. The fraction of sp³-hybridized carbons (Fsp3) is 0.471. The summed E-state index contributed by atoms with van der Waals surface area (Å²) in [6.07, 6.45) is 6.51. The van der Waals surface area contributed by atoms with Gasteiger partial charge in [0.15, 0.2) is 0 Å². The van der Waals surface area contributed by atoms with Crippen molar-refractivity contribution in [2.24, 2.45) is 0 Å². The van der Waals surface area contributed by atoms with Crippen molar-refractivity contribution >= 4 is 0 Å². The van der Waals surface area contributed by atoms with Crippen LogP contribution in [0, 0.1) is 0 Å². The predicted molar refractivity (Wildman–Crippen MR) is 158 cm³/mol. The highest BCUT2D eigenvalue weighted by Crippen LogP contribution is 2.28. The molecule has 1 unspecified atom stereocenters. The largest absolute Gasteiger partial charge is 0.490 e. The maximum Gasteiger partial charge on any atom is 0.124 e. The van der Waals surface area contributed by atoms with Crippen LogP contribution in [-0.2, 0) is 6.54 Å². The molecule has 0 spiro atoms. The van der Waals surface area contributed by atoms with Crippen molar-refractivity contribution in [1.82, 2.24) is 15.1 Å². The average Bonchev–Trinajstić information content (AvgIpc) is 2.97. The maximum atomic E-state index is 6.60. The fourth-order valence-corrected chi connectivity index (χ4v) is 6.12. The first-order valence-corrected chi connectivity index (χ1v) is 14.8. The van der Waals surface area contributed by atoms with Crippen LogP contribution in [0.5, 0.6) is 5.75 Å². The van der Waals surface area contributed by atoms with E-state index in [2.05, 4.69) is 107 Å². The first-order chi connectivity index (χ1) is 18.8. The Bertz CT molecular complexity index is 1040. The monoisotopic (exact) mass is 511 g/mol. The van der Waals surface area contributed by atoms with Crippen molar-refractivity contribution in [1.29, 1.82) is 0 Å².